The number of carbonyl (C=O) groups excluding carboxylic acids is 1. The number of alkyl halides is 3. The Morgan fingerprint density at radius 3 is 2.36 bits per heavy atom. The van der Waals surface area contributed by atoms with Gasteiger partial charge in [0.25, 0.3) is 5.91 Å². The van der Waals surface area contributed by atoms with Gasteiger partial charge in [-0.2, -0.15) is 13.2 Å². The molecule has 1 aromatic heterocycles. The van der Waals surface area contributed by atoms with E-state index in [1.165, 1.54) is 30.1 Å². The van der Waals surface area contributed by atoms with E-state index in [-0.39, 0.29) is 11.4 Å². The molecule has 0 spiro atoms. The first-order chi connectivity index (χ1) is 13.4. The summed E-state index contributed by atoms with van der Waals surface area (Å²) in [6, 6.07) is 15.6. The van der Waals surface area contributed by atoms with Crippen LogP contribution < -0.4 is 10.6 Å². The second-order valence-electron chi connectivity index (χ2n) is 5.98. The number of halogens is 3. The van der Waals surface area contributed by atoms with Crippen molar-refractivity contribution < 1.29 is 18.0 Å². The van der Waals surface area contributed by atoms with Crippen LogP contribution in [0.15, 0.2) is 67.0 Å². The molecule has 3 rings (SSSR count). The zero-order valence-electron chi connectivity index (χ0n) is 14.7. The highest BCUT2D eigenvalue weighted by Crippen LogP contribution is 2.29. The highest BCUT2D eigenvalue weighted by atomic mass is 19.4. The van der Waals surface area contributed by atoms with E-state index >= 15 is 0 Å². The van der Waals surface area contributed by atoms with Crippen LogP contribution in [0.25, 0.3) is 0 Å². The van der Waals surface area contributed by atoms with Crippen molar-refractivity contribution in [3.05, 3.63) is 83.8 Å². The van der Waals surface area contributed by atoms with Gasteiger partial charge in [-0.05, 0) is 36.2 Å². The predicted molar refractivity (Wildman–Crippen MR) is 100 cm³/mol. The summed E-state index contributed by atoms with van der Waals surface area (Å²) >= 11 is 0. The van der Waals surface area contributed by atoms with Gasteiger partial charge in [-0.15, -0.1) is 0 Å². The van der Waals surface area contributed by atoms with Crippen LogP contribution in [0, 0.1) is 0 Å². The summed E-state index contributed by atoms with van der Waals surface area (Å²) in [5.41, 5.74) is 0.745. The lowest BCUT2D eigenvalue weighted by Crippen LogP contribution is -2.15. The summed E-state index contributed by atoms with van der Waals surface area (Å²) in [5.74, 6) is -0.0447. The third-order valence-corrected chi connectivity index (χ3v) is 3.93. The van der Waals surface area contributed by atoms with Gasteiger partial charge in [-0.1, -0.05) is 30.3 Å². The average molecular weight is 386 g/mol. The molecule has 0 saturated heterocycles. The van der Waals surface area contributed by atoms with Gasteiger partial charge < -0.3 is 10.6 Å². The Bertz CT molecular complexity index is 928. The Hall–Kier alpha value is -3.42. The smallest absolute Gasteiger partial charge is 0.370 e. The van der Waals surface area contributed by atoms with E-state index < -0.39 is 17.6 Å². The molecule has 3 aromatic rings. The molecule has 0 aliphatic carbocycles. The Morgan fingerprint density at radius 2 is 1.68 bits per heavy atom. The van der Waals surface area contributed by atoms with Crippen molar-refractivity contribution in [1.29, 1.82) is 0 Å². The number of nitrogens with one attached hydrogen (secondary N) is 2. The molecular weight excluding hydrogens is 369 g/mol. The Labute approximate surface area is 159 Å². The van der Waals surface area contributed by atoms with Crippen molar-refractivity contribution in [3.63, 3.8) is 0 Å². The van der Waals surface area contributed by atoms with Gasteiger partial charge in [0.1, 0.15) is 17.8 Å². The van der Waals surface area contributed by atoms with Gasteiger partial charge >= 0.3 is 6.18 Å². The van der Waals surface area contributed by atoms with Crippen LogP contribution in [0.4, 0.5) is 24.7 Å². The standard InChI is InChI=1S/C20H17F3N4O/c21-20(22,23)15-6-8-16(9-7-15)27-19(28)17-12-18(26-13-25-17)24-11-10-14-4-2-1-3-5-14/h1-9,12-13H,10-11H2,(H,27,28)(H,24,25,26). The third-order valence-electron chi connectivity index (χ3n) is 3.93. The monoisotopic (exact) mass is 386 g/mol. The van der Waals surface area contributed by atoms with E-state index in [0.29, 0.717) is 12.4 Å². The zero-order valence-corrected chi connectivity index (χ0v) is 14.7. The van der Waals surface area contributed by atoms with Crippen molar-refractivity contribution in [2.24, 2.45) is 0 Å². The summed E-state index contributed by atoms with van der Waals surface area (Å²) in [4.78, 5) is 20.3. The number of hydrogen-bond donors (Lipinski definition) is 2. The first kappa shape index (κ1) is 19.3. The molecule has 5 nitrogen and oxygen atoms in total. The molecule has 2 N–H and O–H groups in total. The van der Waals surface area contributed by atoms with Gasteiger partial charge in [0.2, 0.25) is 0 Å². The number of aromatic nitrogens is 2. The summed E-state index contributed by atoms with van der Waals surface area (Å²) in [7, 11) is 0. The molecular formula is C20H17F3N4O. The minimum absolute atomic E-state index is 0.108. The molecule has 0 unspecified atom stereocenters. The quantitative estimate of drug-likeness (QED) is 0.659. The maximum Gasteiger partial charge on any atom is 0.416 e. The largest absolute Gasteiger partial charge is 0.416 e. The first-order valence-electron chi connectivity index (χ1n) is 8.50. The van der Waals surface area contributed by atoms with E-state index in [1.807, 2.05) is 30.3 Å². The molecule has 0 fully saturated rings. The van der Waals surface area contributed by atoms with E-state index in [1.54, 1.807) is 0 Å². The zero-order chi connectivity index (χ0) is 20.0. The summed E-state index contributed by atoms with van der Waals surface area (Å²) < 4.78 is 37.8. The lowest BCUT2D eigenvalue weighted by atomic mass is 10.1. The van der Waals surface area contributed by atoms with Crippen LogP contribution in [-0.4, -0.2) is 22.4 Å². The van der Waals surface area contributed by atoms with Gasteiger partial charge in [0.15, 0.2) is 0 Å². The first-order valence-corrected chi connectivity index (χ1v) is 8.50. The highest BCUT2D eigenvalue weighted by molar-refractivity contribution is 6.03. The van der Waals surface area contributed by atoms with Crippen LogP contribution in [0.5, 0.6) is 0 Å². The Morgan fingerprint density at radius 1 is 0.964 bits per heavy atom. The maximum atomic E-state index is 12.6. The molecule has 0 bridgehead atoms. The molecule has 0 saturated carbocycles. The van der Waals surface area contributed by atoms with Crippen molar-refractivity contribution in [2.75, 3.05) is 17.2 Å². The normalized spacial score (nSPS) is 11.1. The molecule has 0 atom stereocenters. The fourth-order valence-electron chi connectivity index (χ4n) is 2.50. The van der Waals surface area contributed by atoms with E-state index in [4.69, 9.17) is 0 Å². The van der Waals surface area contributed by atoms with Crippen molar-refractivity contribution in [3.8, 4) is 0 Å². The minimum atomic E-state index is -4.42. The number of anilines is 2. The maximum absolute atomic E-state index is 12.6. The molecule has 144 valence electrons. The Kier molecular flexibility index (Phi) is 5.88. The number of benzene rings is 2. The lowest BCUT2D eigenvalue weighted by molar-refractivity contribution is -0.137. The molecule has 0 radical (unpaired) electrons. The molecule has 0 aliphatic rings. The molecule has 8 heteroatoms. The molecule has 1 amide bonds. The number of carbonyl (C=O) groups is 1. The number of amides is 1. The Balaban J connectivity index is 1.59. The SMILES string of the molecule is O=C(Nc1ccc(C(F)(F)F)cc1)c1cc(NCCc2ccccc2)ncn1. The average Bonchev–Trinajstić information content (AvgIpc) is 2.69. The van der Waals surface area contributed by atoms with E-state index in [0.717, 1.165) is 18.6 Å². The summed E-state index contributed by atoms with van der Waals surface area (Å²) in [5, 5.41) is 5.64. The second kappa shape index (κ2) is 8.51. The number of rotatable bonds is 6. The van der Waals surface area contributed by atoms with Crippen LogP contribution >= 0.6 is 0 Å². The van der Waals surface area contributed by atoms with Crippen molar-refractivity contribution >= 4 is 17.4 Å². The molecule has 1 heterocycles. The van der Waals surface area contributed by atoms with Crippen LogP contribution in [0.2, 0.25) is 0 Å². The van der Waals surface area contributed by atoms with Crippen LogP contribution in [-0.2, 0) is 12.6 Å². The number of hydrogen-bond acceptors (Lipinski definition) is 4. The predicted octanol–water partition coefficient (Wildman–Crippen LogP) is 4.40. The molecule has 0 aliphatic heterocycles. The molecule has 2 aromatic carbocycles. The van der Waals surface area contributed by atoms with Crippen LogP contribution in [0.3, 0.4) is 0 Å². The van der Waals surface area contributed by atoms with Crippen LogP contribution in [0.1, 0.15) is 21.6 Å². The summed E-state index contributed by atoms with van der Waals surface area (Å²) in [6.45, 7) is 0.626. The minimum Gasteiger partial charge on any atom is -0.370 e. The van der Waals surface area contributed by atoms with Gasteiger partial charge in [0, 0.05) is 18.3 Å². The second-order valence-corrected chi connectivity index (χ2v) is 5.98. The van der Waals surface area contributed by atoms with E-state index in [9.17, 15) is 18.0 Å². The lowest BCUT2D eigenvalue weighted by Gasteiger charge is -2.09. The van der Waals surface area contributed by atoms with Crippen molar-refractivity contribution in [2.45, 2.75) is 12.6 Å². The topological polar surface area (TPSA) is 66.9 Å². The fourth-order valence-corrected chi connectivity index (χ4v) is 2.50. The van der Waals surface area contributed by atoms with Gasteiger partial charge in [-0.3, -0.25) is 4.79 Å². The van der Waals surface area contributed by atoms with Gasteiger partial charge in [0.05, 0.1) is 5.56 Å². The highest BCUT2D eigenvalue weighted by Gasteiger charge is 2.30. The van der Waals surface area contributed by atoms with E-state index in [2.05, 4.69) is 20.6 Å². The van der Waals surface area contributed by atoms with Crippen molar-refractivity contribution in [1.82, 2.24) is 9.97 Å². The summed E-state index contributed by atoms with van der Waals surface area (Å²) in [6.07, 6.45) is -2.38. The van der Waals surface area contributed by atoms with Gasteiger partial charge in [-0.25, -0.2) is 9.97 Å². The third kappa shape index (κ3) is 5.29. The fraction of sp³-hybridized carbons (Fsp3) is 0.150. The molecule has 28 heavy (non-hydrogen) atoms. The number of nitrogens with zero attached hydrogens (tertiary/aromatic N) is 2.